The maximum atomic E-state index is 12.2. The average molecular weight is 459 g/mol. The summed E-state index contributed by atoms with van der Waals surface area (Å²) in [7, 11) is 0. The highest BCUT2D eigenvalue weighted by atomic mass is 35.5. The molecule has 0 amide bonds. The van der Waals surface area contributed by atoms with Crippen LogP contribution in [0.1, 0.15) is 57.3 Å². The number of carboxylic acids is 1. The number of halogens is 1. The fourth-order valence-corrected chi connectivity index (χ4v) is 5.12. The molecule has 2 aliphatic heterocycles. The molecule has 0 bridgehead atoms. The van der Waals surface area contributed by atoms with Gasteiger partial charge in [-0.05, 0) is 75.4 Å². The maximum Gasteiger partial charge on any atom is 0.309 e. The molecule has 32 heavy (non-hydrogen) atoms. The summed E-state index contributed by atoms with van der Waals surface area (Å²) in [4.78, 5) is 12.2. The highest BCUT2D eigenvalue weighted by Gasteiger charge is 2.52. The van der Waals surface area contributed by atoms with Crippen LogP contribution in [-0.4, -0.2) is 29.4 Å². The van der Waals surface area contributed by atoms with Gasteiger partial charge < -0.3 is 19.3 Å². The predicted molar refractivity (Wildman–Crippen MR) is 124 cm³/mol. The van der Waals surface area contributed by atoms with Crippen molar-refractivity contribution in [2.45, 2.75) is 64.3 Å². The smallest absolute Gasteiger partial charge is 0.309 e. The van der Waals surface area contributed by atoms with Crippen LogP contribution in [0.15, 0.2) is 42.5 Å². The van der Waals surface area contributed by atoms with Gasteiger partial charge in [-0.15, -0.1) is 0 Å². The monoisotopic (exact) mass is 458 g/mol. The minimum absolute atomic E-state index is 0.0695. The molecule has 1 fully saturated rings. The van der Waals surface area contributed by atoms with E-state index in [1.54, 1.807) is 0 Å². The molecule has 6 heteroatoms. The van der Waals surface area contributed by atoms with Crippen LogP contribution in [0.5, 0.6) is 11.5 Å². The third-order valence-electron chi connectivity index (χ3n) is 6.59. The maximum absolute atomic E-state index is 12.2. The Balaban J connectivity index is 1.62. The van der Waals surface area contributed by atoms with Crippen molar-refractivity contribution in [3.05, 3.63) is 58.6 Å². The summed E-state index contributed by atoms with van der Waals surface area (Å²) in [5.41, 5.74) is 1.49. The Morgan fingerprint density at radius 3 is 2.78 bits per heavy atom. The third kappa shape index (κ3) is 4.74. The topological polar surface area (TPSA) is 65.0 Å². The first-order chi connectivity index (χ1) is 15.3. The first kappa shape index (κ1) is 22.9. The largest absolute Gasteiger partial charge is 0.494 e. The van der Waals surface area contributed by atoms with Crippen molar-refractivity contribution < 1.29 is 24.1 Å². The van der Waals surface area contributed by atoms with Crippen LogP contribution < -0.4 is 9.47 Å². The number of hydrogen-bond acceptors (Lipinski definition) is 4. The van der Waals surface area contributed by atoms with E-state index in [4.69, 9.17) is 25.8 Å². The zero-order valence-corrected chi connectivity index (χ0v) is 19.6. The zero-order valence-electron chi connectivity index (χ0n) is 18.8. The Morgan fingerprint density at radius 2 is 2.06 bits per heavy atom. The summed E-state index contributed by atoms with van der Waals surface area (Å²) in [6.45, 7) is 6.75. The molecule has 0 radical (unpaired) electrons. The van der Waals surface area contributed by atoms with E-state index < -0.39 is 23.6 Å². The lowest BCUT2D eigenvalue weighted by Gasteiger charge is -2.50. The minimum atomic E-state index is -0.818. The van der Waals surface area contributed by atoms with Crippen molar-refractivity contribution in [2.75, 3.05) is 6.61 Å². The van der Waals surface area contributed by atoms with Crippen molar-refractivity contribution in [2.24, 2.45) is 11.8 Å². The summed E-state index contributed by atoms with van der Waals surface area (Å²) >= 11 is 6.12. The van der Waals surface area contributed by atoms with Gasteiger partial charge in [0.1, 0.15) is 17.1 Å². The van der Waals surface area contributed by atoms with Crippen molar-refractivity contribution >= 4 is 17.6 Å². The number of aliphatic carboxylic acids is 1. The number of fused-ring (bicyclic) bond motifs is 3. The molecule has 1 N–H and O–H groups in total. The van der Waals surface area contributed by atoms with Gasteiger partial charge in [0.25, 0.3) is 0 Å². The fourth-order valence-electron chi connectivity index (χ4n) is 4.91. The van der Waals surface area contributed by atoms with Crippen LogP contribution in [0.2, 0.25) is 5.02 Å². The summed E-state index contributed by atoms with van der Waals surface area (Å²) in [5.74, 6) is 0.0926. The molecule has 0 aromatic heterocycles. The molecule has 2 aromatic carbocycles. The second kappa shape index (κ2) is 9.32. The summed E-state index contributed by atoms with van der Waals surface area (Å²) in [6, 6.07) is 13.5. The standard InChI is InChI=1S/C26H31ClO5/c1-4-12-30-18-9-11-23-19(14-18)24-21(26(2,3)32-23)15-20(25(28)29)22(31-24)10-8-16-6-5-7-17(27)13-16/h5-7,9,11,13-14,20-22,24H,4,8,10,12,15H2,1-3H3,(H,28,29)/t20-,21+,22+,24-/m1/s1. The number of carboxylic acid groups (broad SMARTS) is 1. The van der Waals surface area contributed by atoms with Gasteiger partial charge in [0.2, 0.25) is 0 Å². The number of hydrogen-bond donors (Lipinski definition) is 1. The lowest BCUT2D eigenvalue weighted by atomic mass is 9.71. The molecular weight excluding hydrogens is 428 g/mol. The first-order valence-corrected chi connectivity index (χ1v) is 11.7. The fraction of sp³-hybridized carbons (Fsp3) is 0.500. The van der Waals surface area contributed by atoms with Gasteiger partial charge in [0.05, 0.1) is 24.7 Å². The van der Waals surface area contributed by atoms with Gasteiger partial charge >= 0.3 is 5.97 Å². The van der Waals surface area contributed by atoms with Crippen LogP contribution in [-0.2, 0) is 16.0 Å². The molecular formula is C26H31ClO5. The van der Waals surface area contributed by atoms with Crippen molar-refractivity contribution in [1.82, 2.24) is 0 Å². The van der Waals surface area contributed by atoms with E-state index in [2.05, 4.69) is 6.92 Å². The van der Waals surface area contributed by atoms with E-state index in [0.29, 0.717) is 30.9 Å². The SMILES string of the molecule is CCCOc1ccc2c(c1)[C@H]1O[C@@H](CCc3cccc(Cl)c3)[C@H](C(=O)O)C[C@@H]1C(C)(C)O2. The van der Waals surface area contributed by atoms with E-state index >= 15 is 0 Å². The molecule has 1 saturated heterocycles. The normalized spacial score (nSPS) is 25.9. The summed E-state index contributed by atoms with van der Waals surface area (Å²) in [6.07, 6.45) is 2.12. The Bertz CT molecular complexity index is 972. The van der Waals surface area contributed by atoms with Gasteiger partial charge in [-0.25, -0.2) is 0 Å². The third-order valence-corrected chi connectivity index (χ3v) is 6.83. The lowest BCUT2D eigenvalue weighted by Crippen LogP contribution is -2.52. The molecule has 2 aromatic rings. The van der Waals surface area contributed by atoms with Crippen LogP contribution in [0.3, 0.4) is 0 Å². The molecule has 2 aliphatic rings. The summed E-state index contributed by atoms with van der Waals surface area (Å²) in [5, 5.41) is 10.7. The Morgan fingerprint density at radius 1 is 1.25 bits per heavy atom. The second-order valence-electron chi connectivity index (χ2n) is 9.30. The van der Waals surface area contributed by atoms with E-state index in [0.717, 1.165) is 29.0 Å². The average Bonchev–Trinajstić information content (AvgIpc) is 2.75. The molecule has 0 unspecified atom stereocenters. The van der Waals surface area contributed by atoms with E-state index in [1.165, 1.54) is 0 Å². The van der Waals surface area contributed by atoms with Gasteiger partial charge in [0, 0.05) is 16.5 Å². The Hall–Kier alpha value is -2.24. The molecule has 5 nitrogen and oxygen atoms in total. The molecule has 2 heterocycles. The number of carbonyl (C=O) groups is 1. The molecule has 0 spiro atoms. The van der Waals surface area contributed by atoms with Crippen LogP contribution in [0.4, 0.5) is 0 Å². The highest BCUT2D eigenvalue weighted by Crippen LogP contribution is 2.53. The molecule has 4 rings (SSSR count). The first-order valence-electron chi connectivity index (χ1n) is 11.4. The van der Waals surface area contributed by atoms with Crippen LogP contribution >= 0.6 is 11.6 Å². The Kier molecular flexibility index (Phi) is 6.68. The zero-order chi connectivity index (χ0) is 22.9. The van der Waals surface area contributed by atoms with Crippen LogP contribution in [0, 0.1) is 11.8 Å². The van der Waals surface area contributed by atoms with E-state index in [-0.39, 0.29) is 12.0 Å². The predicted octanol–water partition coefficient (Wildman–Crippen LogP) is 6.08. The number of ether oxygens (including phenoxy) is 3. The Labute approximate surface area is 194 Å². The minimum Gasteiger partial charge on any atom is -0.494 e. The van der Waals surface area contributed by atoms with Gasteiger partial charge in [0.15, 0.2) is 0 Å². The van der Waals surface area contributed by atoms with Crippen molar-refractivity contribution in [3.63, 3.8) is 0 Å². The lowest BCUT2D eigenvalue weighted by molar-refractivity contribution is -0.188. The molecule has 4 atom stereocenters. The highest BCUT2D eigenvalue weighted by molar-refractivity contribution is 6.30. The molecule has 172 valence electrons. The van der Waals surface area contributed by atoms with Crippen LogP contribution in [0.25, 0.3) is 0 Å². The number of rotatable bonds is 7. The number of aryl methyl sites for hydroxylation is 1. The van der Waals surface area contributed by atoms with Gasteiger partial charge in [-0.3, -0.25) is 4.79 Å². The quantitative estimate of drug-likeness (QED) is 0.544. The second-order valence-corrected chi connectivity index (χ2v) is 9.74. The summed E-state index contributed by atoms with van der Waals surface area (Å²) < 4.78 is 18.7. The van der Waals surface area contributed by atoms with Gasteiger partial charge in [-0.2, -0.15) is 0 Å². The van der Waals surface area contributed by atoms with Crippen molar-refractivity contribution in [1.29, 1.82) is 0 Å². The van der Waals surface area contributed by atoms with Gasteiger partial charge in [-0.1, -0.05) is 30.7 Å². The van der Waals surface area contributed by atoms with Crippen molar-refractivity contribution in [3.8, 4) is 11.5 Å². The van der Waals surface area contributed by atoms with E-state index in [9.17, 15) is 9.90 Å². The number of benzene rings is 2. The molecule has 0 aliphatic carbocycles. The van der Waals surface area contributed by atoms with E-state index in [1.807, 2.05) is 56.3 Å². The molecule has 0 saturated carbocycles.